The molecule has 0 spiro atoms. The Hall–Kier alpha value is -0.780. The maximum atomic E-state index is 11.6. The summed E-state index contributed by atoms with van der Waals surface area (Å²) >= 11 is 5.85. The average Bonchev–Trinajstić information content (AvgIpc) is 2.15. The average molecular weight is 213 g/mol. The second-order valence-electron chi connectivity index (χ2n) is 2.43. The molecule has 1 unspecified atom stereocenters. The van der Waals surface area contributed by atoms with Gasteiger partial charge in [-0.1, -0.05) is 23.7 Å². The largest absolute Gasteiger partial charge is 0.254 e. The molecule has 0 aromatic heterocycles. The van der Waals surface area contributed by atoms with Gasteiger partial charge >= 0.3 is 0 Å². The van der Waals surface area contributed by atoms with Gasteiger partial charge in [-0.3, -0.25) is 4.21 Å². The number of hydrogen-bond donors (Lipinski definition) is 0. The molecule has 3 heteroatoms. The van der Waals surface area contributed by atoms with Gasteiger partial charge < -0.3 is 0 Å². The fourth-order valence-corrected chi connectivity index (χ4v) is 2.32. The summed E-state index contributed by atoms with van der Waals surface area (Å²) in [6.45, 7) is 0. The lowest BCUT2D eigenvalue weighted by atomic mass is 10.4. The minimum atomic E-state index is -1.07. The zero-order chi connectivity index (χ0) is 9.68. The van der Waals surface area contributed by atoms with Gasteiger partial charge in [0.1, 0.15) is 0 Å². The van der Waals surface area contributed by atoms with E-state index in [1.807, 2.05) is 12.1 Å². The van der Waals surface area contributed by atoms with Crippen LogP contribution < -0.4 is 0 Å². The van der Waals surface area contributed by atoms with Crippen LogP contribution in [0.25, 0.3) is 0 Å². The van der Waals surface area contributed by atoms with Gasteiger partial charge in [0.2, 0.25) is 0 Å². The maximum absolute atomic E-state index is 11.6. The molecule has 1 aromatic rings. The van der Waals surface area contributed by atoms with Crippen molar-refractivity contribution >= 4 is 22.4 Å². The van der Waals surface area contributed by atoms with Crippen molar-refractivity contribution in [3.8, 4) is 12.3 Å². The van der Waals surface area contributed by atoms with Gasteiger partial charge in [0.05, 0.1) is 20.7 Å². The predicted octanol–water partition coefficient (Wildman–Crippen LogP) is 2.47. The summed E-state index contributed by atoms with van der Waals surface area (Å²) in [6, 6.07) is 7.11. The van der Waals surface area contributed by atoms with Crippen LogP contribution in [0.15, 0.2) is 29.2 Å². The number of rotatable bonds is 3. The van der Waals surface area contributed by atoms with Crippen LogP contribution >= 0.6 is 11.6 Å². The molecule has 0 saturated carbocycles. The van der Waals surface area contributed by atoms with E-state index in [2.05, 4.69) is 5.92 Å². The van der Waals surface area contributed by atoms with E-state index in [4.69, 9.17) is 18.0 Å². The van der Waals surface area contributed by atoms with E-state index < -0.39 is 10.8 Å². The molecule has 1 nitrogen and oxygen atoms in total. The molecule has 0 radical (unpaired) electrons. The highest BCUT2D eigenvalue weighted by atomic mass is 35.5. The minimum absolute atomic E-state index is 0.472. The van der Waals surface area contributed by atoms with Gasteiger partial charge in [-0.15, -0.1) is 12.3 Å². The van der Waals surface area contributed by atoms with E-state index in [1.165, 1.54) is 0 Å². The highest BCUT2D eigenvalue weighted by Crippen LogP contribution is 2.19. The summed E-state index contributed by atoms with van der Waals surface area (Å²) in [5.74, 6) is 2.92. The van der Waals surface area contributed by atoms with Crippen LogP contribution in [0.4, 0.5) is 0 Å². The Balaban J connectivity index is 2.78. The third kappa shape index (κ3) is 2.87. The number of terminal acetylenes is 1. The summed E-state index contributed by atoms with van der Waals surface area (Å²) in [6.07, 6.45) is 5.59. The topological polar surface area (TPSA) is 17.1 Å². The zero-order valence-corrected chi connectivity index (χ0v) is 8.57. The maximum Gasteiger partial charge on any atom is 0.0574 e. The molecule has 0 aliphatic rings. The van der Waals surface area contributed by atoms with E-state index in [0.29, 0.717) is 22.1 Å². The molecule has 0 aliphatic carbocycles. The fraction of sp³-hybridized carbons (Fsp3) is 0.200. The molecule has 0 bridgehead atoms. The molecular formula is C10H9ClOS. The van der Waals surface area contributed by atoms with E-state index in [-0.39, 0.29) is 0 Å². The van der Waals surface area contributed by atoms with Gasteiger partial charge in [-0.25, -0.2) is 0 Å². The summed E-state index contributed by atoms with van der Waals surface area (Å²) in [5, 5.41) is 0.540. The first-order chi connectivity index (χ1) is 6.25. The van der Waals surface area contributed by atoms with Crippen LogP contribution in [0.1, 0.15) is 6.42 Å². The Morgan fingerprint density at radius 3 is 2.77 bits per heavy atom. The molecule has 0 N–H and O–H groups in total. The Morgan fingerprint density at radius 2 is 2.15 bits per heavy atom. The van der Waals surface area contributed by atoms with Gasteiger partial charge in [-0.2, -0.15) is 0 Å². The second-order valence-corrected chi connectivity index (χ2v) is 4.38. The minimum Gasteiger partial charge on any atom is -0.254 e. The third-order valence-corrected chi connectivity index (χ3v) is 3.38. The number of halogens is 1. The summed E-state index contributed by atoms with van der Waals surface area (Å²) < 4.78 is 11.6. The van der Waals surface area contributed by atoms with Crippen molar-refractivity contribution in [3.63, 3.8) is 0 Å². The van der Waals surface area contributed by atoms with Gasteiger partial charge in [0.25, 0.3) is 0 Å². The summed E-state index contributed by atoms with van der Waals surface area (Å²) in [5.41, 5.74) is 0. The molecule has 0 saturated heterocycles. The van der Waals surface area contributed by atoms with Crippen LogP contribution in [-0.2, 0) is 10.8 Å². The molecule has 0 aliphatic heterocycles. The van der Waals surface area contributed by atoms with Crippen LogP contribution in [0, 0.1) is 12.3 Å². The molecule has 13 heavy (non-hydrogen) atoms. The van der Waals surface area contributed by atoms with Gasteiger partial charge in [0, 0.05) is 12.2 Å². The quantitative estimate of drug-likeness (QED) is 0.704. The SMILES string of the molecule is C#CCCS(=O)c1ccccc1Cl. The Labute approximate surface area is 85.6 Å². The van der Waals surface area contributed by atoms with Crippen LogP contribution in [0.5, 0.6) is 0 Å². The molecule has 68 valence electrons. The molecule has 0 amide bonds. The monoisotopic (exact) mass is 212 g/mol. The highest BCUT2D eigenvalue weighted by Gasteiger charge is 2.05. The highest BCUT2D eigenvalue weighted by molar-refractivity contribution is 7.85. The van der Waals surface area contributed by atoms with Crippen molar-refractivity contribution in [3.05, 3.63) is 29.3 Å². The lowest BCUT2D eigenvalue weighted by Gasteiger charge is -2.01. The van der Waals surface area contributed by atoms with E-state index in [9.17, 15) is 4.21 Å². The summed E-state index contributed by atoms with van der Waals surface area (Å²) in [7, 11) is -1.07. The van der Waals surface area contributed by atoms with Crippen LogP contribution in [0.2, 0.25) is 5.02 Å². The zero-order valence-electron chi connectivity index (χ0n) is 7.00. The normalized spacial score (nSPS) is 12.0. The second kappa shape index (κ2) is 5.06. The summed E-state index contributed by atoms with van der Waals surface area (Å²) in [4.78, 5) is 0.666. The van der Waals surface area contributed by atoms with Crippen molar-refractivity contribution < 1.29 is 4.21 Å². The smallest absolute Gasteiger partial charge is 0.0574 e. The van der Waals surface area contributed by atoms with Crippen LogP contribution in [-0.4, -0.2) is 9.96 Å². The standard InChI is InChI=1S/C10H9ClOS/c1-2-3-8-13(12)10-7-5-4-6-9(10)11/h1,4-7H,3,8H2. The number of hydrogen-bond acceptors (Lipinski definition) is 1. The molecular weight excluding hydrogens is 204 g/mol. The van der Waals surface area contributed by atoms with Crippen molar-refractivity contribution in [1.29, 1.82) is 0 Å². The molecule has 0 heterocycles. The first-order valence-electron chi connectivity index (χ1n) is 3.82. The van der Waals surface area contributed by atoms with Crippen molar-refractivity contribution in [1.82, 2.24) is 0 Å². The van der Waals surface area contributed by atoms with Gasteiger partial charge in [0.15, 0.2) is 0 Å². The van der Waals surface area contributed by atoms with E-state index in [1.54, 1.807) is 12.1 Å². The Kier molecular flexibility index (Phi) is 4.01. The Bertz CT molecular complexity index is 354. The molecule has 1 atom stereocenters. The molecule has 1 aromatic carbocycles. The molecule has 1 rings (SSSR count). The first-order valence-corrected chi connectivity index (χ1v) is 5.51. The molecule has 0 fully saturated rings. The first kappa shape index (κ1) is 10.3. The third-order valence-electron chi connectivity index (χ3n) is 1.51. The van der Waals surface area contributed by atoms with Gasteiger partial charge in [-0.05, 0) is 12.1 Å². The lowest BCUT2D eigenvalue weighted by Crippen LogP contribution is -1.97. The van der Waals surface area contributed by atoms with Crippen LogP contribution in [0.3, 0.4) is 0 Å². The van der Waals surface area contributed by atoms with E-state index in [0.717, 1.165) is 0 Å². The van der Waals surface area contributed by atoms with E-state index >= 15 is 0 Å². The fourth-order valence-electron chi connectivity index (χ4n) is 0.891. The van der Waals surface area contributed by atoms with Crippen molar-refractivity contribution in [2.45, 2.75) is 11.3 Å². The van der Waals surface area contributed by atoms with Crippen molar-refractivity contribution in [2.75, 3.05) is 5.75 Å². The predicted molar refractivity (Wildman–Crippen MR) is 56.2 cm³/mol. The van der Waals surface area contributed by atoms with Crippen molar-refractivity contribution in [2.24, 2.45) is 0 Å². The lowest BCUT2D eigenvalue weighted by molar-refractivity contribution is 0.683. The Morgan fingerprint density at radius 1 is 1.46 bits per heavy atom. The number of benzene rings is 1.